The molecule has 2 N–H and O–H groups in total. The van der Waals surface area contributed by atoms with Crippen molar-refractivity contribution in [2.24, 2.45) is 11.7 Å². The van der Waals surface area contributed by atoms with Crippen LogP contribution in [0.5, 0.6) is 5.75 Å². The van der Waals surface area contributed by atoms with Gasteiger partial charge in [0.15, 0.2) is 0 Å². The summed E-state index contributed by atoms with van der Waals surface area (Å²) in [5.74, 6) is 0.560. The van der Waals surface area contributed by atoms with E-state index >= 15 is 0 Å². The molecular formula is C12H11Br2N3O3. The van der Waals surface area contributed by atoms with E-state index in [2.05, 4.69) is 37.9 Å². The molecule has 1 aliphatic carbocycles. The molecule has 1 atom stereocenters. The molecule has 1 fully saturated rings. The van der Waals surface area contributed by atoms with E-state index in [-0.39, 0.29) is 18.2 Å². The third-order valence-corrected chi connectivity index (χ3v) is 4.34. The molecule has 1 unspecified atom stereocenters. The van der Waals surface area contributed by atoms with Crippen LogP contribution >= 0.6 is 31.9 Å². The van der Waals surface area contributed by atoms with Gasteiger partial charge in [-0.05, 0) is 50.6 Å². The number of nitro benzene ring substituents is 1. The van der Waals surface area contributed by atoms with Crippen molar-refractivity contribution < 1.29 is 9.66 Å². The standard InChI is InChI=1S/C12H11Br2N3O3/c13-9-3-8(17(18)19)4-10(14)11(9)20-6-12(16,5-15)7-1-2-7/h3-4,7H,1-2,6,16H2. The van der Waals surface area contributed by atoms with E-state index in [4.69, 9.17) is 15.7 Å². The van der Waals surface area contributed by atoms with Gasteiger partial charge in [-0.3, -0.25) is 10.1 Å². The summed E-state index contributed by atoms with van der Waals surface area (Å²) >= 11 is 6.45. The molecule has 2 rings (SSSR count). The molecule has 0 aliphatic heterocycles. The zero-order valence-corrected chi connectivity index (χ0v) is 13.5. The summed E-state index contributed by atoms with van der Waals surface area (Å²) in [4.78, 5) is 10.2. The predicted molar refractivity (Wildman–Crippen MR) is 79.2 cm³/mol. The number of non-ortho nitro benzene ring substituents is 1. The van der Waals surface area contributed by atoms with Crippen molar-refractivity contribution in [3.05, 3.63) is 31.2 Å². The number of rotatable bonds is 5. The van der Waals surface area contributed by atoms with Crippen molar-refractivity contribution in [1.29, 1.82) is 5.26 Å². The topological polar surface area (TPSA) is 102 Å². The van der Waals surface area contributed by atoms with Gasteiger partial charge >= 0.3 is 0 Å². The van der Waals surface area contributed by atoms with Gasteiger partial charge in [-0.25, -0.2) is 0 Å². The average Bonchev–Trinajstić information content (AvgIpc) is 3.21. The number of benzene rings is 1. The van der Waals surface area contributed by atoms with E-state index < -0.39 is 10.5 Å². The van der Waals surface area contributed by atoms with Crippen molar-refractivity contribution in [2.75, 3.05) is 6.61 Å². The van der Waals surface area contributed by atoms with Gasteiger partial charge < -0.3 is 10.5 Å². The molecule has 20 heavy (non-hydrogen) atoms. The van der Waals surface area contributed by atoms with Gasteiger partial charge in [-0.1, -0.05) is 0 Å². The molecule has 8 heteroatoms. The second kappa shape index (κ2) is 5.68. The number of nitrogens with two attached hydrogens (primary N) is 1. The van der Waals surface area contributed by atoms with Gasteiger partial charge in [0.05, 0.1) is 19.9 Å². The second-order valence-corrected chi connectivity index (χ2v) is 6.42. The Labute approximate surface area is 132 Å². The van der Waals surface area contributed by atoms with Crippen LogP contribution in [0.4, 0.5) is 5.69 Å². The second-order valence-electron chi connectivity index (χ2n) is 4.71. The number of nitrogens with zero attached hydrogens (tertiary/aromatic N) is 2. The highest BCUT2D eigenvalue weighted by Gasteiger charge is 2.43. The van der Waals surface area contributed by atoms with Crippen molar-refractivity contribution in [1.82, 2.24) is 0 Å². The van der Waals surface area contributed by atoms with Gasteiger partial charge in [-0.15, -0.1) is 0 Å². The zero-order valence-electron chi connectivity index (χ0n) is 10.3. The lowest BCUT2D eigenvalue weighted by Crippen LogP contribution is -2.46. The molecule has 1 aromatic rings. The molecule has 0 aromatic heterocycles. The van der Waals surface area contributed by atoms with Crippen LogP contribution in [0.3, 0.4) is 0 Å². The van der Waals surface area contributed by atoms with Gasteiger partial charge in [-0.2, -0.15) is 5.26 Å². The first kappa shape index (κ1) is 15.2. The third-order valence-electron chi connectivity index (χ3n) is 3.16. The van der Waals surface area contributed by atoms with Crippen LogP contribution in [0.15, 0.2) is 21.1 Å². The van der Waals surface area contributed by atoms with Gasteiger partial charge in [0.2, 0.25) is 0 Å². The summed E-state index contributed by atoms with van der Waals surface area (Å²) in [6.07, 6.45) is 1.85. The van der Waals surface area contributed by atoms with Crippen molar-refractivity contribution in [3.63, 3.8) is 0 Å². The average molecular weight is 405 g/mol. The summed E-state index contributed by atoms with van der Waals surface area (Å²) in [5.41, 5.74) is 4.93. The van der Waals surface area contributed by atoms with Crippen molar-refractivity contribution >= 4 is 37.5 Å². The maximum absolute atomic E-state index is 10.7. The summed E-state index contributed by atoms with van der Waals surface area (Å²) in [6, 6.07) is 4.79. The normalized spacial score (nSPS) is 17.1. The summed E-state index contributed by atoms with van der Waals surface area (Å²) < 4.78 is 6.47. The minimum Gasteiger partial charge on any atom is -0.488 e. The van der Waals surface area contributed by atoms with E-state index in [9.17, 15) is 10.1 Å². The van der Waals surface area contributed by atoms with Gasteiger partial charge in [0.25, 0.3) is 5.69 Å². The quantitative estimate of drug-likeness (QED) is 0.599. The minimum atomic E-state index is -1.01. The lowest BCUT2D eigenvalue weighted by Gasteiger charge is -2.22. The lowest BCUT2D eigenvalue weighted by molar-refractivity contribution is -0.385. The molecular weight excluding hydrogens is 394 g/mol. The van der Waals surface area contributed by atoms with Crippen LogP contribution in [-0.2, 0) is 0 Å². The van der Waals surface area contributed by atoms with Crippen LogP contribution < -0.4 is 10.5 Å². The van der Waals surface area contributed by atoms with Crippen molar-refractivity contribution in [2.45, 2.75) is 18.4 Å². The number of halogens is 2. The molecule has 0 amide bonds. The smallest absolute Gasteiger partial charge is 0.271 e. The lowest BCUT2D eigenvalue weighted by atomic mass is 9.98. The number of nitro groups is 1. The van der Waals surface area contributed by atoms with E-state index in [0.29, 0.717) is 14.7 Å². The fourth-order valence-electron chi connectivity index (χ4n) is 1.82. The Morgan fingerprint density at radius 3 is 2.45 bits per heavy atom. The molecule has 0 bridgehead atoms. The van der Waals surface area contributed by atoms with Crippen LogP contribution in [0.1, 0.15) is 12.8 Å². The first-order chi connectivity index (χ1) is 9.37. The van der Waals surface area contributed by atoms with E-state index in [1.807, 2.05) is 0 Å². The first-order valence-corrected chi connectivity index (χ1v) is 7.42. The summed E-state index contributed by atoms with van der Waals surface area (Å²) in [7, 11) is 0. The van der Waals surface area contributed by atoms with Crippen LogP contribution in [0, 0.1) is 27.4 Å². The number of nitriles is 1. The van der Waals surface area contributed by atoms with E-state index in [1.54, 1.807) is 0 Å². The Kier molecular flexibility index (Phi) is 4.32. The van der Waals surface area contributed by atoms with E-state index in [1.165, 1.54) is 12.1 Å². The number of hydrogen-bond donors (Lipinski definition) is 1. The Hall–Kier alpha value is -1.17. The molecule has 0 saturated heterocycles. The minimum absolute atomic E-state index is 0.0448. The number of hydrogen-bond acceptors (Lipinski definition) is 5. The Bertz CT molecular complexity index is 575. The van der Waals surface area contributed by atoms with E-state index in [0.717, 1.165) is 12.8 Å². The Balaban J connectivity index is 2.18. The molecule has 1 saturated carbocycles. The van der Waals surface area contributed by atoms with Gasteiger partial charge in [0, 0.05) is 12.1 Å². The largest absolute Gasteiger partial charge is 0.488 e. The first-order valence-electron chi connectivity index (χ1n) is 5.84. The van der Waals surface area contributed by atoms with Gasteiger partial charge in [0.1, 0.15) is 17.9 Å². The highest BCUT2D eigenvalue weighted by atomic mass is 79.9. The van der Waals surface area contributed by atoms with Crippen LogP contribution in [0.25, 0.3) is 0 Å². The SMILES string of the molecule is N#CC(N)(COc1c(Br)cc([N+](=O)[O-])cc1Br)C1CC1. The monoisotopic (exact) mass is 403 g/mol. The van der Waals surface area contributed by atoms with Crippen LogP contribution in [0.2, 0.25) is 0 Å². The molecule has 1 aliphatic rings. The third kappa shape index (κ3) is 3.11. The van der Waals surface area contributed by atoms with Crippen molar-refractivity contribution in [3.8, 4) is 11.8 Å². The Morgan fingerprint density at radius 1 is 1.50 bits per heavy atom. The fourth-order valence-corrected chi connectivity index (χ4v) is 3.21. The fraction of sp³-hybridized carbons (Fsp3) is 0.417. The molecule has 6 nitrogen and oxygen atoms in total. The maximum atomic E-state index is 10.7. The summed E-state index contributed by atoms with van der Waals surface area (Å²) in [5, 5.41) is 19.9. The molecule has 0 radical (unpaired) electrons. The highest BCUT2D eigenvalue weighted by molar-refractivity contribution is 9.11. The van der Waals surface area contributed by atoms with Crippen LogP contribution in [-0.4, -0.2) is 17.1 Å². The molecule has 0 spiro atoms. The summed E-state index contributed by atoms with van der Waals surface area (Å²) in [6.45, 7) is 0.0448. The number of ether oxygens (including phenoxy) is 1. The highest BCUT2D eigenvalue weighted by Crippen LogP contribution is 2.41. The molecule has 106 valence electrons. The zero-order chi connectivity index (χ0) is 14.9. The molecule has 0 heterocycles. The predicted octanol–water partition coefficient (Wildman–Crippen LogP) is 3.13. The maximum Gasteiger partial charge on any atom is 0.271 e. The Morgan fingerprint density at radius 2 is 2.05 bits per heavy atom. The molecule has 1 aromatic carbocycles.